The van der Waals surface area contributed by atoms with Gasteiger partial charge in [0, 0.05) is 13.2 Å². The van der Waals surface area contributed by atoms with E-state index in [1.807, 2.05) is 60.7 Å². The molecule has 2 aromatic carbocycles. The molecule has 0 radical (unpaired) electrons. The molecule has 1 fully saturated rings. The molecule has 27 heavy (non-hydrogen) atoms. The fourth-order valence-electron chi connectivity index (χ4n) is 2.82. The molecule has 1 aliphatic rings. The Morgan fingerprint density at radius 2 is 2.00 bits per heavy atom. The van der Waals surface area contributed by atoms with Gasteiger partial charge < -0.3 is 14.8 Å². The Bertz CT molecular complexity index is 817. The number of carbonyl (C=O) groups excluding carboxylic acids is 1. The van der Waals surface area contributed by atoms with E-state index in [0.717, 1.165) is 36.3 Å². The summed E-state index contributed by atoms with van der Waals surface area (Å²) in [6, 6.07) is 19.2. The topological polar surface area (TPSA) is 71.3 Å². The minimum Gasteiger partial charge on any atom is -0.489 e. The van der Waals surface area contributed by atoms with E-state index < -0.39 is 0 Å². The van der Waals surface area contributed by atoms with Crippen LogP contribution in [0.3, 0.4) is 0 Å². The van der Waals surface area contributed by atoms with Gasteiger partial charge in [0.2, 0.25) is 0 Å². The van der Waals surface area contributed by atoms with Gasteiger partial charge in [0.15, 0.2) is 0 Å². The molecule has 138 valence electrons. The maximum Gasteiger partial charge on any atom is 0.262 e. The first-order valence-electron chi connectivity index (χ1n) is 9.03. The van der Waals surface area contributed by atoms with Crippen LogP contribution >= 0.6 is 0 Å². The van der Waals surface area contributed by atoms with E-state index in [9.17, 15) is 10.1 Å². The van der Waals surface area contributed by atoms with Crippen molar-refractivity contribution in [3.8, 4) is 11.8 Å². The van der Waals surface area contributed by atoms with Gasteiger partial charge in [-0.05, 0) is 42.2 Å². The van der Waals surface area contributed by atoms with Crippen molar-refractivity contribution >= 4 is 12.0 Å². The molecular weight excluding hydrogens is 340 g/mol. The molecule has 2 aromatic rings. The fraction of sp³-hybridized carbons (Fsp3) is 0.273. The number of amides is 1. The number of benzene rings is 2. The van der Waals surface area contributed by atoms with Crippen LogP contribution in [0, 0.1) is 11.3 Å². The maximum atomic E-state index is 12.2. The molecule has 1 heterocycles. The lowest BCUT2D eigenvalue weighted by atomic mass is 10.1. The Morgan fingerprint density at radius 3 is 2.67 bits per heavy atom. The lowest BCUT2D eigenvalue weighted by Gasteiger charge is -2.10. The highest BCUT2D eigenvalue weighted by molar-refractivity contribution is 6.01. The maximum absolute atomic E-state index is 12.2. The third kappa shape index (κ3) is 5.70. The van der Waals surface area contributed by atoms with E-state index in [-0.39, 0.29) is 17.6 Å². The highest BCUT2D eigenvalue weighted by atomic mass is 16.5. The van der Waals surface area contributed by atoms with E-state index in [1.54, 1.807) is 6.08 Å². The number of nitriles is 1. The minimum absolute atomic E-state index is 0.0509. The Labute approximate surface area is 159 Å². The Hall–Kier alpha value is -3.10. The second-order valence-corrected chi connectivity index (χ2v) is 6.36. The first kappa shape index (κ1) is 18.7. The van der Waals surface area contributed by atoms with Gasteiger partial charge in [0.05, 0.1) is 6.10 Å². The van der Waals surface area contributed by atoms with Crippen molar-refractivity contribution in [2.24, 2.45) is 0 Å². The van der Waals surface area contributed by atoms with Crippen LogP contribution in [-0.2, 0) is 16.1 Å². The van der Waals surface area contributed by atoms with Crippen molar-refractivity contribution in [3.63, 3.8) is 0 Å². The zero-order chi connectivity index (χ0) is 18.9. The zero-order valence-corrected chi connectivity index (χ0v) is 15.1. The van der Waals surface area contributed by atoms with Crippen LogP contribution in [0.2, 0.25) is 0 Å². The van der Waals surface area contributed by atoms with Crippen LogP contribution in [0.1, 0.15) is 24.0 Å². The van der Waals surface area contributed by atoms with Crippen molar-refractivity contribution in [1.82, 2.24) is 5.32 Å². The predicted octanol–water partition coefficient (Wildman–Crippen LogP) is 3.47. The summed E-state index contributed by atoms with van der Waals surface area (Å²) in [5.41, 5.74) is 1.94. The van der Waals surface area contributed by atoms with E-state index in [2.05, 4.69) is 5.32 Å². The average molecular weight is 362 g/mol. The Balaban J connectivity index is 1.55. The van der Waals surface area contributed by atoms with Gasteiger partial charge in [-0.1, -0.05) is 42.5 Å². The van der Waals surface area contributed by atoms with Crippen LogP contribution < -0.4 is 10.1 Å². The molecule has 1 unspecified atom stereocenters. The summed E-state index contributed by atoms with van der Waals surface area (Å²) in [6.07, 6.45) is 3.58. The summed E-state index contributed by atoms with van der Waals surface area (Å²) in [5, 5.41) is 12.0. The normalized spacial score (nSPS) is 16.6. The van der Waals surface area contributed by atoms with E-state index in [0.29, 0.717) is 13.2 Å². The quantitative estimate of drug-likeness (QED) is 0.605. The van der Waals surface area contributed by atoms with Gasteiger partial charge in [-0.3, -0.25) is 4.79 Å². The van der Waals surface area contributed by atoms with Crippen molar-refractivity contribution in [2.45, 2.75) is 25.6 Å². The third-order valence-electron chi connectivity index (χ3n) is 4.32. The fourth-order valence-corrected chi connectivity index (χ4v) is 2.82. The van der Waals surface area contributed by atoms with Gasteiger partial charge in [0.1, 0.15) is 24.0 Å². The molecule has 0 spiro atoms. The average Bonchev–Trinajstić information content (AvgIpc) is 3.24. The molecule has 1 saturated heterocycles. The van der Waals surface area contributed by atoms with Gasteiger partial charge >= 0.3 is 0 Å². The van der Waals surface area contributed by atoms with Gasteiger partial charge in [-0.2, -0.15) is 5.26 Å². The molecule has 1 atom stereocenters. The van der Waals surface area contributed by atoms with Crippen LogP contribution in [-0.4, -0.2) is 25.2 Å². The molecule has 1 N–H and O–H groups in total. The molecular formula is C22H22N2O3. The first-order valence-corrected chi connectivity index (χ1v) is 9.03. The number of nitrogens with zero attached hydrogens (tertiary/aromatic N) is 1. The molecule has 1 aliphatic heterocycles. The van der Waals surface area contributed by atoms with Gasteiger partial charge in [0.25, 0.3) is 5.91 Å². The minimum atomic E-state index is -0.377. The lowest BCUT2D eigenvalue weighted by molar-refractivity contribution is -0.117. The number of carbonyl (C=O) groups is 1. The molecule has 5 heteroatoms. The zero-order valence-electron chi connectivity index (χ0n) is 15.1. The van der Waals surface area contributed by atoms with Gasteiger partial charge in [-0.15, -0.1) is 0 Å². The van der Waals surface area contributed by atoms with Crippen LogP contribution in [0.15, 0.2) is 60.2 Å². The highest BCUT2D eigenvalue weighted by Gasteiger charge is 2.17. The van der Waals surface area contributed by atoms with Crippen molar-refractivity contribution in [3.05, 3.63) is 71.3 Å². The predicted molar refractivity (Wildman–Crippen MR) is 103 cm³/mol. The van der Waals surface area contributed by atoms with Crippen molar-refractivity contribution < 1.29 is 14.3 Å². The van der Waals surface area contributed by atoms with Crippen LogP contribution in [0.5, 0.6) is 5.75 Å². The number of rotatable bonds is 7. The summed E-state index contributed by atoms with van der Waals surface area (Å²) in [4.78, 5) is 12.2. The van der Waals surface area contributed by atoms with Crippen molar-refractivity contribution in [1.29, 1.82) is 5.26 Å². The summed E-state index contributed by atoms with van der Waals surface area (Å²) in [7, 11) is 0. The first-order chi connectivity index (χ1) is 13.2. The molecule has 0 aromatic heterocycles. The monoisotopic (exact) mass is 362 g/mol. The van der Waals surface area contributed by atoms with Crippen molar-refractivity contribution in [2.75, 3.05) is 13.2 Å². The largest absolute Gasteiger partial charge is 0.489 e. The summed E-state index contributed by atoms with van der Waals surface area (Å²) in [5.74, 6) is 0.356. The second kappa shape index (κ2) is 9.56. The molecule has 0 bridgehead atoms. The summed E-state index contributed by atoms with van der Waals surface area (Å²) < 4.78 is 11.2. The second-order valence-electron chi connectivity index (χ2n) is 6.36. The lowest BCUT2D eigenvalue weighted by Crippen LogP contribution is -2.32. The van der Waals surface area contributed by atoms with E-state index in [4.69, 9.17) is 9.47 Å². The number of hydrogen-bond acceptors (Lipinski definition) is 4. The third-order valence-corrected chi connectivity index (χ3v) is 4.32. The summed E-state index contributed by atoms with van der Waals surface area (Å²) >= 11 is 0. The Kier molecular flexibility index (Phi) is 6.61. The van der Waals surface area contributed by atoms with Crippen LogP contribution in [0.25, 0.3) is 6.08 Å². The van der Waals surface area contributed by atoms with Crippen LogP contribution in [0.4, 0.5) is 0 Å². The smallest absolute Gasteiger partial charge is 0.262 e. The molecule has 5 nitrogen and oxygen atoms in total. The SMILES string of the molecule is N#C/C(=C/c1ccc(OCc2ccccc2)cc1)C(=O)NCC1CCCO1. The molecule has 1 amide bonds. The number of hydrogen-bond donors (Lipinski definition) is 1. The highest BCUT2D eigenvalue weighted by Crippen LogP contribution is 2.16. The van der Waals surface area contributed by atoms with E-state index in [1.165, 1.54) is 0 Å². The van der Waals surface area contributed by atoms with E-state index >= 15 is 0 Å². The number of ether oxygens (including phenoxy) is 2. The molecule has 0 saturated carbocycles. The Morgan fingerprint density at radius 1 is 1.22 bits per heavy atom. The number of nitrogens with one attached hydrogen (secondary N) is 1. The summed E-state index contributed by atoms with van der Waals surface area (Å²) in [6.45, 7) is 1.66. The van der Waals surface area contributed by atoms with Gasteiger partial charge in [-0.25, -0.2) is 0 Å². The molecule has 3 rings (SSSR count). The molecule has 0 aliphatic carbocycles. The standard InChI is InChI=1S/C22H22N2O3/c23-14-19(22(25)24-15-21-7-4-12-26-21)13-17-8-10-20(11-9-17)27-16-18-5-2-1-3-6-18/h1-3,5-6,8-11,13,21H,4,7,12,15-16H2,(H,24,25)/b19-13-.